The second-order valence-electron chi connectivity index (χ2n) is 5.89. The predicted molar refractivity (Wildman–Crippen MR) is 85.7 cm³/mol. The molecule has 21 heavy (non-hydrogen) atoms. The van der Waals surface area contributed by atoms with Crippen LogP contribution in [-0.2, 0) is 6.54 Å². The van der Waals surface area contributed by atoms with Gasteiger partial charge in [-0.3, -0.25) is 4.99 Å². The van der Waals surface area contributed by atoms with Crippen LogP contribution >= 0.6 is 0 Å². The van der Waals surface area contributed by atoms with Crippen LogP contribution in [0.15, 0.2) is 29.3 Å². The molecule has 0 radical (unpaired) electrons. The first-order valence-corrected chi connectivity index (χ1v) is 8.18. The summed E-state index contributed by atoms with van der Waals surface area (Å²) in [6.45, 7) is 2.71. The molecule has 0 amide bonds. The van der Waals surface area contributed by atoms with Gasteiger partial charge in [-0.1, -0.05) is 18.6 Å². The second-order valence-corrected chi connectivity index (χ2v) is 5.89. The third-order valence-electron chi connectivity index (χ3n) is 4.11. The van der Waals surface area contributed by atoms with Gasteiger partial charge >= 0.3 is 0 Å². The number of nitrogens with zero attached hydrogens (tertiary/aromatic N) is 1. The highest BCUT2D eigenvalue weighted by atomic mass is 16.5. The molecule has 0 unspecified atom stereocenters. The first kappa shape index (κ1) is 14.2. The fourth-order valence-corrected chi connectivity index (χ4v) is 2.94. The smallest absolute Gasteiger partial charge is 0.191 e. The summed E-state index contributed by atoms with van der Waals surface area (Å²) in [5, 5.41) is 6.63. The Labute approximate surface area is 127 Å². The molecule has 0 saturated heterocycles. The molecule has 0 atom stereocenters. The second kappa shape index (κ2) is 7.34. The van der Waals surface area contributed by atoms with Gasteiger partial charge in [-0.2, -0.15) is 0 Å². The van der Waals surface area contributed by atoms with Gasteiger partial charge in [0.05, 0.1) is 6.10 Å². The maximum absolute atomic E-state index is 6.11. The molecule has 1 fully saturated rings. The van der Waals surface area contributed by atoms with Crippen molar-refractivity contribution in [3.63, 3.8) is 0 Å². The molecule has 1 heterocycles. The topological polar surface area (TPSA) is 45.7 Å². The average molecular weight is 287 g/mol. The minimum absolute atomic E-state index is 0.409. The fraction of sp³-hybridized carbons (Fsp3) is 0.588. The Morgan fingerprint density at radius 2 is 2.10 bits per heavy atom. The zero-order valence-corrected chi connectivity index (χ0v) is 12.6. The van der Waals surface area contributed by atoms with Crippen LogP contribution < -0.4 is 15.4 Å². The van der Waals surface area contributed by atoms with E-state index in [1.165, 1.54) is 37.7 Å². The summed E-state index contributed by atoms with van der Waals surface area (Å²) in [5.74, 6) is 1.92. The van der Waals surface area contributed by atoms with Crippen molar-refractivity contribution < 1.29 is 4.74 Å². The molecule has 114 valence electrons. The number of aliphatic imine (C=N–C) groups is 1. The van der Waals surface area contributed by atoms with E-state index in [9.17, 15) is 0 Å². The van der Waals surface area contributed by atoms with E-state index in [0.29, 0.717) is 6.10 Å². The molecule has 2 aliphatic rings. The first-order chi connectivity index (χ1) is 10.4. The fourth-order valence-electron chi connectivity index (χ4n) is 2.94. The van der Waals surface area contributed by atoms with E-state index in [1.54, 1.807) is 0 Å². The minimum Gasteiger partial charge on any atom is -0.490 e. The van der Waals surface area contributed by atoms with Gasteiger partial charge in [0.25, 0.3) is 0 Å². The van der Waals surface area contributed by atoms with Gasteiger partial charge in [-0.15, -0.1) is 0 Å². The normalized spacial score (nSPS) is 19.5. The summed E-state index contributed by atoms with van der Waals surface area (Å²) >= 11 is 0. The molecule has 0 spiro atoms. The Hall–Kier alpha value is -1.71. The summed E-state index contributed by atoms with van der Waals surface area (Å²) in [6, 6.07) is 8.41. The number of benzene rings is 1. The Balaban J connectivity index is 1.53. The number of guanidine groups is 1. The van der Waals surface area contributed by atoms with Crippen molar-refractivity contribution in [1.82, 2.24) is 10.6 Å². The number of ether oxygens (including phenoxy) is 1. The van der Waals surface area contributed by atoms with E-state index in [2.05, 4.69) is 39.9 Å². The lowest BCUT2D eigenvalue weighted by molar-refractivity contribution is 0.155. The van der Waals surface area contributed by atoms with Crippen molar-refractivity contribution in [2.24, 2.45) is 4.99 Å². The summed E-state index contributed by atoms with van der Waals surface area (Å²) < 4.78 is 6.11. The molecule has 4 nitrogen and oxygen atoms in total. The number of nitrogens with one attached hydrogen (secondary N) is 2. The van der Waals surface area contributed by atoms with Crippen molar-refractivity contribution in [2.75, 3.05) is 13.1 Å². The van der Waals surface area contributed by atoms with Crippen LogP contribution in [0.25, 0.3) is 0 Å². The van der Waals surface area contributed by atoms with Crippen molar-refractivity contribution in [3.8, 4) is 5.75 Å². The minimum atomic E-state index is 0.409. The lowest BCUT2D eigenvalue weighted by Gasteiger charge is -2.23. The standard InChI is InChI=1S/C17H25N3O/c1-2-7-15(8-3-1)21-16-9-4-6-14(12-16)13-20-17-18-10-5-11-19-17/h4,6,9,12,15H,1-3,5,7-8,10-11,13H2,(H2,18,19,20). The van der Waals surface area contributed by atoms with Crippen molar-refractivity contribution in [2.45, 2.75) is 51.2 Å². The lowest BCUT2D eigenvalue weighted by atomic mass is 9.98. The van der Waals surface area contributed by atoms with Gasteiger partial charge in [0.2, 0.25) is 0 Å². The predicted octanol–water partition coefficient (Wildman–Crippen LogP) is 2.84. The maximum Gasteiger partial charge on any atom is 0.191 e. The summed E-state index contributed by atoms with van der Waals surface area (Å²) in [4.78, 5) is 4.42. The molecular formula is C17H25N3O. The zero-order chi connectivity index (χ0) is 14.3. The zero-order valence-electron chi connectivity index (χ0n) is 12.6. The molecule has 1 aliphatic carbocycles. The van der Waals surface area contributed by atoms with E-state index in [-0.39, 0.29) is 0 Å². The lowest BCUT2D eigenvalue weighted by Crippen LogP contribution is -2.40. The van der Waals surface area contributed by atoms with Crippen LogP contribution in [0.5, 0.6) is 5.75 Å². The third kappa shape index (κ3) is 4.38. The Kier molecular flexibility index (Phi) is 4.98. The first-order valence-electron chi connectivity index (χ1n) is 8.18. The van der Waals surface area contributed by atoms with Gasteiger partial charge < -0.3 is 15.4 Å². The van der Waals surface area contributed by atoms with Crippen molar-refractivity contribution >= 4 is 5.96 Å². The van der Waals surface area contributed by atoms with Gasteiger partial charge in [0.1, 0.15) is 5.75 Å². The third-order valence-corrected chi connectivity index (χ3v) is 4.11. The Bertz CT molecular complexity index is 481. The number of rotatable bonds is 4. The van der Waals surface area contributed by atoms with Crippen LogP contribution in [0.2, 0.25) is 0 Å². The van der Waals surface area contributed by atoms with Gasteiger partial charge in [-0.05, 0) is 49.8 Å². The van der Waals surface area contributed by atoms with Gasteiger partial charge in [-0.25, -0.2) is 0 Å². The maximum atomic E-state index is 6.11. The highest BCUT2D eigenvalue weighted by Crippen LogP contribution is 2.23. The van der Waals surface area contributed by atoms with E-state index in [4.69, 9.17) is 4.74 Å². The molecule has 0 bridgehead atoms. The highest BCUT2D eigenvalue weighted by Gasteiger charge is 2.14. The van der Waals surface area contributed by atoms with Crippen LogP contribution in [0.4, 0.5) is 0 Å². The molecule has 1 aliphatic heterocycles. The Morgan fingerprint density at radius 3 is 2.90 bits per heavy atom. The van der Waals surface area contributed by atoms with E-state index in [1.807, 2.05) is 0 Å². The molecule has 2 N–H and O–H groups in total. The number of hydrogen-bond acceptors (Lipinski definition) is 4. The van der Waals surface area contributed by atoms with Crippen molar-refractivity contribution in [1.29, 1.82) is 0 Å². The summed E-state index contributed by atoms with van der Waals surface area (Å²) in [5.41, 5.74) is 1.23. The van der Waals surface area contributed by atoms with Crippen LogP contribution in [0, 0.1) is 0 Å². The number of hydrogen-bond donors (Lipinski definition) is 2. The quantitative estimate of drug-likeness (QED) is 0.895. The highest BCUT2D eigenvalue weighted by molar-refractivity contribution is 5.80. The van der Waals surface area contributed by atoms with Crippen LogP contribution in [0.3, 0.4) is 0 Å². The molecule has 1 aromatic carbocycles. The molecule has 4 heteroatoms. The van der Waals surface area contributed by atoms with E-state index < -0.39 is 0 Å². The monoisotopic (exact) mass is 287 g/mol. The molecule has 1 aromatic rings. The summed E-state index contributed by atoms with van der Waals surface area (Å²) in [6.07, 6.45) is 7.89. The van der Waals surface area contributed by atoms with E-state index >= 15 is 0 Å². The van der Waals surface area contributed by atoms with Crippen LogP contribution in [0.1, 0.15) is 44.1 Å². The molecule has 0 aromatic heterocycles. The largest absolute Gasteiger partial charge is 0.490 e. The molecular weight excluding hydrogens is 262 g/mol. The Morgan fingerprint density at radius 1 is 1.19 bits per heavy atom. The van der Waals surface area contributed by atoms with Crippen molar-refractivity contribution in [3.05, 3.63) is 29.8 Å². The SMILES string of the molecule is c1cc(CNC2=NCCCN2)cc(OC2CCCCC2)c1. The average Bonchev–Trinajstić information content (AvgIpc) is 2.55. The van der Waals surface area contributed by atoms with Gasteiger partial charge in [0.15, 0.2) is 5.96 Å². The molecule has 3 rings (SSSR count). The van der Waals surface area contributed by atoms with E-state index in [0.717, 1.165) is 37.8 Å². The molecule has 1 saturated carbocycles. The van der Waals surface area contributed by atoms with Crippen LogP contribution in [-0.4, -0.2) is 25.2 Å². The van der Waals surface area contributed by atoms with Gasteiger partial charge in [0, 0.05) is 19.6 Å². The summed E-state index contributed by atoms with van der Waals surface area (Å²) in [7, 11) is 0.